The minimum atomic E-state index is -4.92. The summed E-state index contributed by atoms with van der Waals surface area (Å²) < 4.78 is 77.7. The van der Waals surface area contributed by atoms with Crippen LogP contribution in [0.4, 0.5) is 23.2 Å². The van der Waals surface area contributed by atoms with Gasteiger partial charge >= 0.3 is 6.18 Å². The summed E-state index contributed by atoms with van der Waals surface area (Å²) in [6.07, 6.45) is -4.92. The van der Waals surface area contributed by atoms with Gasteiger partial charge in [-0.25, -0.2) is 12.8 Å². The van der Waals surface area contributed by atoms with Gasteiger partial charge < -0.3 is 5.73 Å². The number of benzene rings is 2. The minimum absolute atomic E-state index is 0. The molecule has 13 heteroatoms. The zero-order valence-electron chi connectivity index (χ0n) is 14.8. The number of nitro benzene ring substituents is 1. The van der Waals surface area contributed by atoms with Crippen LogP contribution in [0, 0.1) is 15.9 Å². The smallest absolute Gasteiger partial charge is 0.323 e. The van der Waals surface area contributed by atoms with Gasteiger partial charge in [-0.05, 0) is 29.8 Å². The van der Waals surface area contributed by atoms with Crippen molar-refractivity contribution in [3.05, 3.63) is 69.5 Å². The summed E-state index contributed by atoms with van der Waals surface area (Å²) in [6, 6.07) is 5.12. The molecule has 0 bridgehead atoms. The summed E-state index contributed by atoms with van der Waals surface area (Å²) in [5.41, 5.74) is 3.91. The Morgan fingerprint density at radius 3 is 2.21 bits per heavy atom. The highest BCUT2D eigenvalue weighted by atomic mass is 35.5. The van der Waals surface area contributed by atoms with E-state index >= 15 is 0 Å². The molecule has 0 spiro atoms. The zero-order chi connectivity index (χ0) is 21.3. The van der Waals surface area contributed by atoms with Crippen molar-refractivity contribution in [3.63, 3.8) is 0 Å². The van der Waals surface area contributed by atoms with Crippen molar-refractivity contribution in [1.82, 2.24) is 4.31 Å². The molecule has 0 heterocycles. The number of sulfonamides is 1. The summed E-state index contributed by atoms with van der Waals surface area (Å²) in [5.74, 6) is -1.46. The van der Waals surface area contributed by atoms with Gasteiger partial charge in [0, 0.05) is 31.8 Å². The highest BCUT2D eigenvalue weighted by molar-refractivity contribution is 7.89. The van der Waals surface area contributed by atoms with Crippen molar-refractivity contribution in [1.29, 1.82) is 0 Å². The number of hydrogen-bond acceptors (Lipinski definition) is 5. The van der Waals surface area contributed by atoms with Gasteiger partial charge in [-0.1, -0.05) is 6.07 Å². The van der Waals surface area contributed by atoms with Crippen LogP contribution in [0.2, 0.25) is 0 Å². The fourth-order valence-electron chi connectivity index (χ4n) is 2.39. The Hall–Kier alpha value is -2.28. The lowest BCUT2D eigenvalue weighted by Gasteiger charge is -2.22. The second-order valence-corrected chi connectivity index (χ2v) is 7.92. The maximum atomic E-state index is 13.4. The van der Waals surface area contributed by atoms with Gasteiger partial charge in [-0.2, -0.15) is 17.5 Å². The molecule has 0 aromatic heterocycles. The Morgan fingerprint density at radius 1 is 1.17 bits per heavy atom. The number of likely N-dealkylation sites (N-methyl/N-ethyl adjacent to an activating group) is 1. The van der Waals surface area contributed by atoms with E-state index < -0.39 is 45.1 Å². The number of hydrogen-bond donors (Lipinski definition) is 1. The Morgan fingerprint density at radius 2 is 1.72 bits per heavy atom. The van der Waals surface area contributed by atoms with Crippen LogP contribution >= 0.6 is 12.4 Å². The number of nitrogens with two attached hydrogens (primary N) is 1. The third-order valence-electron chi connectivity index (χ3n) is 3.93. The third kappa shape index (κ3) is 5.63. The molecule has 7 nitrogen and oxygen atoms in total. The van der Waals surface area contributed by atoms with Crippen LogP contribution in [-0.4, -0.2) is 31.2 Å². The predicted molar refractivity (Wildman–Crippen MR) is 98.5 cm³/mol. The molecule has 0 saturated carbocycles. The highest BCUT2D eigenvalue weighted by Crippen LogP contribution is 2.33. The van der Waals surface area contributed by atoms with Crippen molar-refractivity contribution in [3.8, 4) is 0 Å². The molecule has 1 atom stereocenters. The largest absolute Gasteiger partial charge is 0.419 e. The topological polar surface area (TPSA) is 107 Å². The predicted octanol–water partition coefficient (Wildman–Crippen LogP) is 3.50. The van der Waals surface area contributed by atoms with Gasteiger partial charge in [0.25, 0.3) is 5.69 Å². The normalized spacial score (nSPS) is 13.1. The number of halogens is 5. The van der Waals surface area contributed by atoms with Gasteiger partial charge in [0.05, 0.1) is 15.4 Å². The molecule has 0 aliphatic rings. The van der Waals surface area contributed by atoms with Crippen LogP contribution < -0.4 is 5.73 Å². The van der Waals surface area contributed by atoms with Crippen LogP contribution in [0.25, 0.3) is 0 Å². The first kappa shape index (κ1) is 24.8. The van der Waals surface area contributed by atoms with E-state index in [2.05, 4.69) is 0 Å². The van der Waals surface area contributed by atoms with Crippen LogP contribution in [-0.2, 0) is 16.2 Å². The van der Waals surface area contributed by atoms with Gasteiger partial charge in [0.15, 0.2) is 0 Å². The van der Waals surface area contributed by atoms with Gasteiger partial charge in [0.1, 0.15) is 5.82 Å². The average molecular weight is 458 g/mol. The van der Waals surface area contributed by atoms with Crippen molar-refractivity contribution < 1.29 is 30.9 Å². The summed E-state index contributed by atoms with van der Waals surface area (Å²) in [7, 11) is -2.94. The van der Waals surface area contributed by atoms with Crippen LogP contribution in [0.3, 0.4) is 0 Å². The van der Waals surface area contributed by atoms with E-state index in [0.717, 1.165) is 41.7 Å². The van der Waals surface area contributed by atoms with Crippen LogP contribution in [0.5, 0.6) is 0 Å². The fraction of sp³-hybridized carbons (Fsp3) is 0.250. The summed E-state index contributed by atoms with van der Waals surface area (Å²) in [5, 5.41) is 10.6. The SMILES string of the molecule is CN(C[C@H](N)c1ccc(F)c(C(F)(F)F)c1)S(=O)(=O)c1ccc([N+](=O)[O-])cc1.Cl. The molecule has 0 unspecified atom stereocenters. The number of rotatable bonds is 6. The van der Waals surface area contributed by atoms with E-state index in [1.165, 1.54) is 0 Å². The molecule has 2 aromatic rings. The molecule has 0 aliphatic heterocycles. The van der Waals surface area contributed by atoms with E-state index in [1.807, 2.05) is 0 Å². The first-order chi connectivity index (χ1) is 12.8. The lowest BCUT2D eigenvalue weighted by atomic mass is 10.0. The second-order valence-electron chi connectivity index (χ2n) is 5.88. The van der Waals surface area contributed by atoms with E-state index in [-0.39, 0.29) is 28.6 Å². The Labute approximate surface area is 169 Å². The molecule has 0 aliphatic carbocycles. The number of nitrogens with zero attached hydrogens (tertiary/aromatic N) is 2. The third-order valence-corrected chi connectivity index (χ3v) is 5.77. The molecule has 2 N–H and O–H groups in total. The van der Waals surface area contributed by atoms with E-state index in [4.69, 9.17) is 5.73 Å². The molecular formula is C16H16ClF4N3O4S. The highest BCUT2D eigenvalue weighted by Gasteiger charge is 2.35. The van der Waals surface area contributed by atoms with Crippen molar-refractivity contribution >= 4 is 28.1 Å². The van der Waals surface area contributed by atoms with E-state index in [9.17, 15) is 36.1 Å². The quantitative estimate of drug-likeness (QED) is 0.406. The Bertz CT molecular complexity index is 985. The van der Waals surface area contributed by atoms with Crippen LogP contribution in [0.15, 0.2) is 47.4 Å². The molecule has 0 fully saturated rings. The molecule has 160 valence electrons. The van der Waals surface area contributed by atoms with Gasteiger partial charge in [-0.15, -0.1) is 12.4 Å². The fourth-order valence-corrected chi connectivity index (χ4v) is 3.59. The minimum Gasteiger partial charge on any atom is -0.323 e. The van der Waals surface area contributed by atoms with Crippen molar-refractivity contribution in [2.24, 2.45) is 5.73 Å². The van der Waals surface area contributed by atoms with Crippen molar-refractivity contribution in [2.75, 3.05) is 13.6 Å². The summed E-state index contributed by atoms with van der Waals surface area (Å²) in [6.45, 7) is -0.401. The first-order valence-electron chi connectivity index (χ1n) is 7.67. The Balaban J connectivity index is 0.00000420. The van der Waals surface area contributed by atoms with Crippen LogP contribution in [0.1, 0.15) is 17.2 Å². The Kier molecular flexibility index (Phi) is 7.71. The lowest BCUT2D eigenvalue weighted by Crippen LogP contribution is -2.34. The molecule has 2 rings (SSSR count). The van der Waals surface area contributed by atoms with E-state index in [1.54, 1.807) is 0 Å². The average Bonchev–Trinajstić information content (AvgIpc) is 2.60. The molecule has 2 aromatic carbocycles. The number of nitro groups is 1. The van der Waals surface area contributed by atoms with E-state index in [0.29, 0.717) is 12.1 Å². The molecule has 0 saturated heterocycles. The number of non-ortho nitro benzene ring substituents is 1. The van der Waals surface area contributed by atoms with Gasteiger partial charge in [-0.3, -0.25) is 10.1 Å². The summed E-state index contributed by atoms with van der Waals surface area (Å²) >= 11 is 0. The molecule has 0 amide bonds. The lowest BCUT2D eigenvalue weighted by molar-refractivity contribution is -0.384. The van der Waals surface area contributed by atoms with Crippen molar-refractivity contribution in [2.45, 2.75) is 17.1 Å². The molecule has 0 radical (unpaired) electrons. The second kappa shape index (κ2) is 9.03. The monoisotopic (exact) mass is 457 g/mol. The molecule has 29 heavy (non-hydrogen) atoms. The molecular weight excluding hydrogens is 442 g/mol. The van der Waals surface area contributed by atoms with Gasteiger partial charge in [0.2, 0.25) is 10.0 Å². The maximum absolute atomic E-state index is 13.4. The maximum Gasteiger partial charge on any atom is 0.419 e. The first-order valence-corrected chi connectivity index (χ1v) is 9.11. The summed E-state index contributed by atoms with van der Waals surface area (Å²) in [4.78, 5) is 9.70. The number of alkyl halides is 3. The zero-order valence-corrected chi connectivity index (χ0v) is 16.4. The standard InChI is InChI=1S/C16H15F4N3O4S.ClH/c1-22(28(26,27)12-5-3-11(4-6-12)23(24)25)9-15(21)10-2-7-14(17)13(8-10)16(18,19)20;/h2-8,15H,9,21H2,1H3;1H/t15-;/m0./s1.